The monoisotopic (exact) mass is 444 g/mol. The van der Waals surface area contributed by atoms with Crippen molar-refractivity contribution < 1.29 is 22.8 Å². The lowest BCUT2D eigenvalue weighted by Gasteiger charge is -2.28. The van der Waals surface area contributed by atoms with Crippen LogP contribution >= 0.6 is 0 Å². The summed E-state index contributed by atoms with van der Waals surface area (Å²) in [4.78, 5) is 5.96. The maximum atomic E-state index is 5.90. The average molecular weight is 445 g/mol. The van der Waals surface area contributed by atoms with Crippen LogP contribution in [0, 0.1) is 0 Å². The number of rotatable bonds is 17. The minimum absolute atomic E-state index is 0.672. The molecule has 0 aromatic carbocycles. The van der Waals surface area contributed by atoms with Gasteiger partial charge in [-0.15, -0.1) is 0 Å². The van der Waals surface area contributed by atoms with Crippen molar-refractivity contribution in [2.45, 2.75) is 78.2 Å². The Labute approximate surface area is 185 Å². The second-order valence-corrected chi connectivity index (χ2v) is 10.1. The Kier molecular flexibility index (Phi) is 16.8. The molecule has 2 rings (SSSR count). The Morgan fingerprint density at radius 2 is 1.43 bits per heavy atom. The van der Waals surface area contributed by atoms with Crippen LogP contribution in [0.5, 0.6) is 0 Å². The van der Waals surface area contributed by atoms with E-state index in [1.165, 1.54) is 51.3 Å². The Bertz CT molecular complexity index is 428. The molecule has 0 saturated heterocycles. The van der Waals surface area contributed by atoms with Gasteiger partial charge in [0.05, 0.1) is 6.54 Å². The molecule has 0 amide bonds. The van der Waals surface area contributed by atoms with Gasteiger partial charge in [-0.3, -0.25) is 4.99 Å². The average Bonchev–Trinajstić information content (AvgIpc) is 3.47. The molecule has 176 valence electrons. The fraction of sp³-hybridized carbons (Fsp3) is 0.864. The van der Waals surface area contributed by atoms with Crippen molar-refractivity contribution in [2.75, 3.05) is 46.2 Å². The van der Waals surface area contributed by atoms with Crippen LogP contribution in [-0.2, 0) is 22.8 Å². The van der Waals surface area contributed by atoms with Gasteiger partial charge in [0.2, 0.25) is 0 Å². The Hall–Kier alpha value is -1.09. The number of nitrogens with zero attached hydrogens (tertiary/aromatic N) is 2. The lowest BCUT2D eigenvalue weighted by molar-refractivity contribution is 0.0706. The smallest absolute Gasteiger partial charge is 0.482 e. The van der Waals surface area contributed by atoms with Crippen LogP contribution in [0.1, 0.15) is 72.1 Å². The third-order valence-corrected chi connectivity index (χ3v) is 8.02. The Morgan fingerprint density at radius 1 is 0.833 bits per heavy atom. The van der Waals surface area contributed by atoms with Crippen molar-refractivity contribution in [3.05, 3.63) is 12.5 Å². The first kappa shape index (κ1) is 26.9. The largest absolute Gasteiger partial charge is 0.500 e. The van der Waals surface area contributed by atoms with Gasteiger partial charge in [-0.05, 0) is 33.6 Å². The van der Waals surface area contributed by atoms with E-state index in [2.05, 4.69) is 14.6 Å². The molecule has 0 bridgehead atoms. The molecule has 0 saturated carbocycles. The zero-order valence-corrected chi connectivity index (χ0v) is 20.5. The number of aliphatic imine (C=N–C) groups is 1. The first-order chi connectivity index (χ1) is 14.8. The van der Waals surface area contributed by atoms with Gasteiger partial charge in [0.1, 0.15) is 12.9 Å². The number of hydrogen-bond acceptors (Lipinski definition) is 7. The number of unbranched alkanes of at least 4 members (excludes halogenated alkanes) is 7. The second kappa shape index (κ2) is 18.7. The molecule has 0 radical (unpaired) electrons. The van der Waals surface area contributed by atoms with E-state index in [9.17, 15) is 0 Å². The highest BCUT2D eigenvalue weighted by Crippen LogP contribution is 2.21. The van der Waals surface area contributed by atoms with Crippen molar-refractivity contribution in [3.8, 4) is 0 Å². The summed E-state index contributed by atoms with van der Waals surface area (Å²) >= 11 is 0. The van der Waals surface area contributed by atoms with Crippen LogP contribution in [-0.4, -0.2) is 66.4 Å². The fourth-order valence-electron chi connectivity index (χ4n) is 3.43. The molecule has 0 aliphatic carbocycles. The molecule has 0 fully saturated rings. The molecule has 2 aliphatic heterocycles. The predicted molar refractivity (Wildman–Crippen MR) is 123 cm³/mol. The highest BCUT2D eigenvalue weighted by Gasteiger charge is 2.39. The maximum absolute atomic E-state index is 5.90. The molecule has 0 N–H and O–H groups in total. The summed E-state index contributed by atoms with van der Waals surface area (Å²) in [5, 5.41) is 0. The molecule has 0 aromatic heterocycles. The molecule has 0 atom stereocenters. The quantitative estimate of drug-likeness (QED) is 0.233. The fourth-order valence-corrected chi connectivity index (χ4v) is 6.12. The van der Waals surface area contributed by atoms with E-state index in [1.807, 2.05) is 27.0 Å². The van der Waals surface area contributed by atoms with Crippen LogP contribution in [0.4, 0.5) is 0 Å². The van der Waals surface area contributed by atoms with Crippen molar-refractivity contribution in [1.82, 2.24) is 4.90 Å². The van der Waals surface area contributed by atoms with Gasteiger partial charge < -0.3 is 27.7 Å². The normalized spacial score (nSPS) is 15.1. The summed E-state index contributed by atoms with van der Waals surface area (Å²) in [7, 11) is -2.42. The first-order valence-electron chi connectivity index (χ1n) is 11.8. The van der Waals surface area contributed by atoms with Crippen molar-refractivity contribution in [1.29, 1.82) is 0 Å². The highest BCUT2D eigenvalue weighted by atomic mass is 28.4. The van der Waals surface area contributed by atoms with Crippen molar-refractivity contribution >= 4 is 15.2 Å². The van der Waals surface area contributed by atoms with Crippen molar-refractivity contribution in [3.63, 3.8) is 0 Å². The van der Waals surface area contributed by atoms with Crippen LogP contribution in [0.3, 0.4) is 0 Å². The molecule has 0 aromatic rings. The second-order valence-electron chi connectivity index (χ2n) is 7.34. The van der Waals surface area contributed by atoms with Crippen molar-refractivity contribution in [2.24, 2.45) is 4.99 Å². The van der Waals surface area contributed by atoms with E-state index in [0.717, 1.165) is 38.9 Å². The van der Waals surface area contributed by atoms with E-state index in [1.54, 1.807) is 6.26 Å². The van der Waals surface area contributed by atoms with E-state index in [-0.39, 0.29) is 0 Å². The summed E-state index contributed by atoms with van der Waals surface area (Å²) in [6.07, 6.45) is 15.6. The summed E-state index contributed by atoms with van der Waals surface area (Å²) < 4.78 is 27.5. The van der Waals surface area contributed by atoms with Crippen LogP contribution < -0.4 is 0 Å². The number of ether oxygens (including phenoxy) is 2. The minimum Gasteiger partial charge on any atom is -0.482 e. The molecule has 7 nitrogen and oxygen atoms in total. The topological polar surface area (TPSA) is 61.8 Å². The SMILES string of the molecule is C1=NCCO1.CCO[Si](CCCCCCCCCCN1C=COC1)(OCC)OCC. The van der Waals surface area contributed by atoms with Gasteiger partial charge in [-0.1, -0.05) is 38.5 Å². The zero-order chi connectivity index (χ0) is 21.8. The van der Waals surface area contributed by atoms with Gasteiger partial charge in [0, 0.05) is 38.6 Å². The van der Waals surface area contributed by atoms with E-state index in [4.69, 9.17) is 18.0 Å². The lowest BCUT2D eigenvalue weighted by Crippen LogP contribution is -2.45. The van der Waals surface area contributed by atoms with Gasteiger partial charge >= 0.3 is 8.80 Å². The Balaban J connectivity index is 0.000000780. The van der Waals surface area contributed by atoms with E-state index < -0.39 is 8.80 Å². The van der Waals surface area contributed by atoms with Gasteiger partial charge in [0.25, 0.3) is 0 Å². The van der Waals surface area contributed by atoms with Crippen LogP contribution in [0.2, 0.25) is 6.04 Å². The first-order valence-corrected chi connectivity index (χ1v) is 13.7. The molecule has 0 unspecified atom stereocenters. The molecule has 2 heterocycles. The van der Waals surface area contributed by atoms with Gasteiger partial charge in [-0.2, -0.15) is 0 Å². The lowest BCUT2D eigenvalue weighted by atomic mass is 10.1. The third kappa shape index (κ3) is 13.3. The van der Waals surface area contributed by atoms with E-state index in [0.29, 0.717) is 19.8 Å². The molecular weight excluding hydrogens is 400 g/mol. The Morgan fingerprint density at radius 3 is 1.87 bits per heavy atom. The van der Waals surface area contributed by atoms with Gasteiger partial charge in [-0.25, -0.2) is 0 Å². The molecule has 0 spiro atoms. The zero-order valence-electron chi connectivity index (χ0n) is 19.5. The maximum Gasteiger partial charge on any atom is 0.500 e. The van der Waals surface area contributed by atoms with E-state index >= 15 is 0 Å². The predicted octanol–water partition coefficient (Wildman–Crippen LogP) is 4.96. The number of hydrogen-bond donors (Lipinski definition) is 0. The summed E-state index contributed by atoms with van der Waals surface area (Å²) in [6.45, 7) is 11.6. The molecule has 30 heavy (non-hydrogen) atoms. The van der Waals surface area contributed by atoms with Crippen LogP contribution in [0.25, 0.3) is 0 Å². The minimum atomic E-state index is -2.42. The summed E-state index contributed by atoms with van der Waals surface area (Å²) in [5.41, 5.74) is 0. The molecule has 2 aliphatic rings. The van der Waals surface area contributed by atoms with Crippen LogP contribution in [0.15, 0.2) is 17.5 Å². The molecule has 8 heteroatoms. The summed E-state index contributed by atoms with van der Waals surface area (Å²) in [5.74, 6) is 0. The third-order valence-electron chi connectivity index (χ3n) is 4.87. The highest BCUT2D eigenvalue weighted by molar-refractivity contribution is 6.60. The molecular formula is C22H44N2O5Si. The van der Waals surface area contributed by atoms with Gasteiger partial charge in [0.15, 0.2) is 13.1 Å². The summed E-state index contributed by atoms with van der Waals surface area (Å²) in [6, 6.07) is 0.952. The standard InChI is InChI=1S/C19H39NO4Si.C3H5NO/c1-4-22-25(23-5-2,24-6-3)18-14-12-10-8-7-9-11-13-15-20-16-17-21-19-20;1-2-5-3-4-1/h16-17H,4-15,18-19H2,1-3H3;3H,1-2H2.